The number of carbonyl (C=O) groups is 1. The van der Waals surface area contributed by atoms with Gasteiger partial charge < -0.3 is 10.1 Å². The van der Waals surface area contributed by atoms with E-state index in [1.54, 1.807) is 6.07 Å². The summed E-state index contributed by atoms with van der Waals surface area (Å²) in [5, 5.41) is 11.2. The summed E-state index contributed by atoms with van der Waals surface area (Å²) < 4.78 is 5.49. The fourth-order valence-electron chi connectivity index (χ4n) is 1.29. The molecular formula is C14H18N2O2. The Morgan fingerprint density at radius 2 is 2.28 bits per heavy atom. The van der Waals surface area contributed by atoms with Crippen molar-refractivity contribution in [2.24, 2.45) is 5.92 Å². The number of hydrogen-bond acceptors (Lipinski definition) is 3. The van der Waals surface area contributed by atoms with Gasteiger partial charge in [0.15, 0.2) is 0 Å². The number of hydrogen-bond donors (Lipinski definition) is 1. The van der Waals surface area contributed by atoms with Gasteiger partial charge in [0.05, 0.1) is 12.7 Å². The van der Waals surface area contributed by atoms with Gasteiger partial charge in [0, 0.05) is 24.1 Å². The second kappa shape index (κ2) is 7.33. The van der Waals surface area contributed by atoms with Crippen molar-refractivity contribution in [2.75, 3.05) is 11.9 Å². The van der Waals surface area contributed by atoms with Crippen molar-refractivity contribution in [3.63, 3.8) is 0 Å². The van der Waals surface area contributed by atoms with Gasteiger partial charge in [-0.15, -0.1) is 0 Å². The highest BCUT2D eigenvalue weighted by Gasteiger charge is 2.07. The monoisotopic (exact) mass is 246 g/mol. The topological polar surface area (TPSA) is 62.1 Å². The Hall–Kier alpha value is -2.02. The molecule has 0 saturated heterocycles. The van der Waals surface area contributed by atoms with Crippen LogP contribution in [-0.4, -0.2) is 12.5 Å². The van der Waals surface area contributed by atoms with Gasteiger partial charge >= 0.3 is 0 Å². The zero-order chi connectivity index (χ0) is 13.4. The number of ether oxygens (including phenoxy) is 1. The van der Waals surface area contributed by atoms with Crippen LogP contribution in [0.2, 0.25) is 0 Å². The minimum absolute atomic E-state index is 0.0170. The molecule has 0 fully saturated rings. The van der Waals surface area contributed by atoms with Gasteiger partial charge in [0.2, 0.25) is 5.91 Å². The fourth-order valence-corrected chi connectivity index (χ4v) is 1.29. The normalized spacial score (nSPS) is 9.89. The third kappa shape index (κ3) is 4.88. The second-order valence-corrected chi connectivity index (χ2v) is 4.28. The van der Waals surface area contributed by atoms with Gasteiger partial charge in [0.25, 0.3) is 0 Å². The van der Waals surface area contributed by atoms with E-state index >= 15 is 0 Å². The second-order valence-electron chi connectivity index (χ2n) is 4.28. The highest BCUT2D eigenvalue weighted by atomic mass is 16.5. The zero-order valence-corrected chi connectivity index (χ0v) is 10.8. The highest BCUT2D eigenvalue weighted by Crippen LogP contribution is 2.18. The smallest absolute Gasteiger partial charge is 0.226 e. The predicted molar refractivity (Wildman–Crippen MR) is 70.3 cm³/mol. The summed E-state index contributed by atoms with van der Waals surface area (Å²) in [6.45, 7) is 4.20. The van der Waals surface area contributed by atoms with E-state index in [2.05, 4.69) is 11.4 Å². The molecule has 1 N–H and O–H groups in total. The molecule has 1 rings (SSSR count). The highest BCUT2D eigenvalue weighted by molar-refractivity contribution is 5.92. The molecule has 1 aromatic rings. The van der Waals surface area contributed by atoms with Crippen LogP contribution in [0.3, 0.4) is 0 Å². The lowest BCUT2D eigenvalue weighted by Crippen LogP contribution is -2.17. The zero-order valence-electron chi connectivity index (χ0n) is 10.8. The number of anilines is 1. The third-order valence-electron chi connectivity index (χ3n) is 2.33. The first-order chi connectivity index (χ1) is 8.63. The van der Waals surface area contributed by atoms with Gasteiger partial charge in [-0.25, -0.2) is 0 Å². The van der Waals surface area contributed by atoms with Gasteiger partial charge in [-0.05, 0) is 18.6 Å². The number of nitriles is 1. The summed E-state index contributed by atoms with van der Waals surface area (Å²) >= 11 is 0. The fraction of sp³-hybridized carbons (Fsp3) is 0.429. The van der Waals surface area contributed by atoms with Crippen molar-refractivity contribution < 1.29 is 9.53 Å². The summed E-state index contributed by atoms with van der Waals surface area (Å²) in [6.07, 6.45) is 1.20. The quantitative estimate of drug-likeness (QED) is 0.785. The third-order valence-corrected chi connectivity index (χ3v) is 2.33. The first kappa shape index (κ1) is 14.0. The number of rotatable bonds is 6. The molecule has 0 aliphatic rings. The SMILES string of the molecule is CC(C)C(=O)Nc1cccc(OCCCC#N)c1. The Kier molecular flexibility index (Phi) is 5.72. The van der Waals surface area contributed by atoms with Crippen LogP contribution in [0.1, 0.15) is 26.7 Å². The predicted octanol–water partition coefficient (Wildman–Crippen LogP) is 2.96. The molecule has 0 aliphatic carbocycles. The van der Waals surface area contributed by atoms with Crippen LogP contribution in [0, 0.1) is 17.2 Å². The average molecular weight is 246 g/mol. The van der Waals surface area contributed by atoms with Crippen LogP contribution in [0.15, 0.2) is 24.3 Å². The molecule has 18 heavy (non-hydrogen) atoms. The number of amides is 1. The Morgan fingerprint density at radius 1 is 1.50 bits per heavy atom. The van der Waals surface area contributed by atoms with E-state index in [4.69, 9.17) is 10.00 Å². The lowest BCUT2D eigenvalue weighted by atomic mass is 10.2. The summed E-state index contributed by atoms with van der Waals surface area (Å²) in [5.74, 6) is 0.635. The molecule has 4 nitrogen and oxygen atoms in total. The van der Waals surface area contributed by atoms with Crippen molar-refractivity contribution >= 4 is 11.6 Å². The molecule has 0 heterocycles. The van der Waals surface area contributed by atoms with E-state index in [-0.39, 0.29) is 11.8 Å². The average Bonchev–Trinajstić information content (AvgIpc) is 2.35. The van der Waals surface area contributed by atoms with Gasteiger partial charge in [0.1, 0.15) is 5.75 Å². The Balaban J connectivity index is 2.52. The number of nitrogens with zero attached hydrogens (tertiary/aromatic N) is 1. The standard InChI is InChI=1S/C14H18N2O2/c1-11(2)14(17)16-12-6-5-7-13(10-12)18-9-4-3-8-15/h5-7,10-11H,3-4,9H2,1-2H3,(H,16,17). The molecule has 0 bridgehead atoms. The van der Waals surface area contributed by atoms with E-state index in [0.29, 0.717) is 25.2 Å². The molecule has 1 aromatic carbocycles. The minimum Gasteiger partial charge on any atom is -0.493 e. The molecule has 1 amide bonds. The molecule has 4 heteroatoms. The number of nitrogens with one attached hydrogen (secondary N) is 1. The number of carbonyl (C=O) groups excluding carboxylic acids is 1. The Bertz CT molecular complexity index is 436. The van der Waals surface area contributed by atoms with Crippen molar-refractivity contribution in [3.05, 3.63) is 24.3 Å². The van der Waals surface area contributed by atoms with Gasteiger partial charge in [-0.1, -0.05) is 19.9 Å². The van der Waals surface area contributed by atoms with Crippen LogP contribution in [0.25, 0.3) is 0 Å². The van der Waals surface area contributed by atoms with Gasteiger partial charge in [-0.3, -0.25) is 4.79 Å². The van der Waals surface area contributed by atoms with Crippen LogP contribution in [0.4, 0.5) is 5.69 Å². The molecule has 96 valence electrons. The molecular weight excluding hydrogens is 228 g/mol. The van der Waals surface area contributed by atoms with Crippen molar-refractivity contribution in [2.45, 2.75) is 26.7 Å². The van der Waals surface area contributed by atoms with E-state index in [0.717, 1.165) is 5.69 Å². The number of benzene rings is 1. The molecule has 0 aromatic heterocycles. The maximum absolute atomic E-state index is 11.5. The van der Waals surface area contributed by atoms with E-state index in [1.807, 2.05) is 32.0 Å². The van der Waals surface area contributed by atoms with Gasteiger partial charge in [-0.2, -0.15) is 5.26 Å². The molecule has 0 spiro atoms. The van der Waals surface area contributed by atoms with Crippen LogP contribution in [0.5, 0.6) is 5.75 Å². The first-order valence-corrected chi connectivity index (χ1v) is 6.04. The Labute approximate surface area is 108 Å². The lowest BCUT2D eigenvalue weighted by Gasteiger charge is -2.10. The van der Waals surface area contributed by atoms with E-state index in [9.17, 15) is 4.79 Å². The van der Waals surface area contributed by atoms with Crippen molar-refractivity contribution in [1.29, 1.82) is 5.26 Å². The molecule has 0 unspecified atom stereocenters. The maximum Gasteiger partial charge on any atom is 0.226 e. The molecule has 0 aliphatic heterocycles. The number of unbranched alkanes of at least 4 members (excludes halogenated alkanes) is 1. The summed E-state index contributed by atoms with van der Waals surface area (Å²) in [6, 6.07) is 9.33. The Morgan fingerprint density at radius 3 is 2.94 bits per heavy atom. The van der Waals surface area contributed by atoms with Crippen LogP contribution >= 0.6 is 0 Å². The first-order valence-electron chi connectivity index (χ1n) is 6.04. The van der Waals surface area contributed by atoms with E-state index < -0.39 is 0 Å². The minimum atomic E-state index is -0.0507. The molecule has 0 atom stereocenters. The van der Waals surface area contributed by atoms with Crippen molar-refractivity contribution in [1.82, 2.24) is 0 Å². The van der Waals surface area contributed by atoms with Crippen molar-refractivity contribution in [3.8, 4) is 11.8 Å². The summed E-state index contributed by atoms with van der Waals surface area (Å²) in [5.41, 5.74) is 0.728. The lowest BCUT2D eigenvalue weighted by molar-refractivity contribution is -0.118. The van der Waals surface area contributed by atoms with Crippen LogP contribution < -0.4 is 10.1 Å². The largest absolute Gasteiger partial charge is 0.493 e. The summed E-state index contributed by atoms with van der Waals surface area (Å²) in [7, 11) is 0. The summed E-state index contributed by atoms with van der Waals surface area (Å²) in [4.78, 5) is 11.5. The van der Waals surface area contributed by atoms with Crippen LogP contribution in [-0.2, 0) is 4.79 Å². The molecule has 0 radical (unpaired) electrons. The maximum atomic E-state index is 11.5. The molecule has 0 saturated carbocycles. The van der Waals surface area contributed by atoms with E-state index in [1.165, 1.54) is 0 Å².